The van der Waals surface area contributed by atoms with Gasteiger partial charge < -0.3 is 5.73 Å². The molecule has 0 bridgehead atoms. The van der Waals surface area contributed by atoms with Gasteiger partial charge in [-0.05, 0) is 39.3 Å². The minimum atomic E-state index is -0.228. The maximum Gasteiger partial charge on any atom is 0.164 e. The van der Waals surface area contributed by atoms with Crippen LogP contribution in [0.5, 0.6) is 0 Å². The molecule has 0 amide bonds. The molecule has 6 heteroatoms. The molecule has 0 spiro atoms. The monoisotopic (exact) mass is 315 g/mol. The number of rotatable bonds is 1. The molecule has 0 aliphatic carbocycles. The Balaban J connectivity index is 2.39. The van der Waals surface area contributed by atoms with Gasteiger partial charge in [-0.1, -0.05) is 23.7 Å². The molecule has 0 saturated heterocycles. The molecule has 0 fully saturated rings. The van der Waals surface area contributed by atoms with Gasteiger partial charge in [0.1, 0.15) is 17.8 Å². The lowest BCUT2D eigenvalue weighted by Crippen LogP contribution is -2.23. The first kappa shape index (κ1) is 14.8. The Morgan fingerprint density at radius 2 is 1.91 bits per heavy atom. The summed E-state index contributed by atoms with van der Waals surface area (Å²) in [4.78, 5) is 8.47. The van der Waals surface area contributed by atoms with Crippen LogP contribution >= 0.6 is 11.6 Å². The number of aryl methyl sites for hydroxylation is 1. The summed E-state index contributed by atoms with van der Waals surface area (Å²) >= 11 is 6.41. The summed E-state index contributed by atoms with van der Waals surface area (Å²) in [5, 5.41) is 6.11. The van der Waals surface area contributed by atoms with Crippen molar-refractivity contribution >= 4 is 28.5 Å². The highest BCUT2D eigenvalue weighted by Crippen LogP contribution is 2.36. The molecule has 3 rings (SSSR count). The number of nitrogen functional groups attached to an aromatic ring is 1. The Labute approximate surface area is 134 Å². The lowest BCUT2D eigenvalue weighted by molar-refractivity contribution is 0.367. The Hall–Kier alpha value is -2.14. The highest BCUT2D eigenvalue weighted by Gasteiger charge is 2.24. The van der Waals surface area contributed by atoms with E-state index in [-0.39, 0.29) is 5.54 Å². The van der Waals surface area contributed by atoms with Gasteiger partial charge in [-0.15, -0.1) is 0 Å². The first-order valence-corrected chi connectivity index (χ1v) is 7.43. The zero-order chi connectivity index (χ0) is 16.1. The van der Waals surface area contributed by atoms with E-state index in [0.29, 0.717) is 22.2 Å². The smallest absolute Gasteiger partial charge is 0.164 e. The zero-order valence-electron chi connectivity index (χ0n) is 13.1. The summed E-state index contributed by atoms with van der Waals surface area (Å²) in [6.07, 6.45) is 1.46. The van der Waals surface area contributed by atoms with Crippen LogP contribution in [0.3, 0.4) is 0 Å². The van der Waals surface area contributed by atoms with Gasteiger partial charge in [0.15, 0.2) is 5.65 Å². The number of aromatic nitrogens is 4. The first-order valence-electron chi connectivity index (χ1n) is 7.05. The molecule has 22 heavy (non-hydrogen) atoms. The average Bonchev–Trinajstić information content (AvgIpc) is 2.79. The van der Waals surface area contributed by atoms with E-state index in [4.69, 9.17) is 22.4 Å². The highest BCUT2D eigenvalue weighted by molar-refractivity contribution is 6.33. The second-order valence-corrected chi connectivity index (χ2v) is 6.78. The third-order valence-corrected chi connectivity index (χ3v) is 3.82. The van der Waals surface area contributed by atoms with Crippen LogP contribution in [-0.4, -0.2) is 19.7 Å². The predicted molar refractivity (Wildman–Crippen MR) is 89.9 cm³/mol. The summed E-state index contributed by atoms with van der Waals surface area (Å²) in [6.45, 7) is 8.20. The molecule has 1 aromatic carbocycles. The SMILES string of the molecule is Cc1ccc(-c2nn(C(C)(C)C)c3ncnc(N)c23)c(Cl)c1. The van der Waals surface area contributed by atoms with Crippen molar-refractivity contribution < 1.29 is 0 Å². The Bertz CT molecular complexity index is 861. The molecule has 2 heterocycles. The Kier molecular flexibility index (Phi) is 3.33. The number of fused-ring (bicyclic) bond motifs is 1. The van der Waals surface area contributed by atoms with E-state index in [9.17, 15) is 0 Å². The van der Waals surface area contributed by atoms with Crippen molar-refractivity contribution in [1.82, 2.24) is 19.7 Å². The predicted octanol–water partition coefficient (Wildman–Crippen LogP) is 3.79. The van der Waals surface area contributed by atoms with Gasteiger partial charge >= 0.3 is 0 Å². The summed E-state index contributed by atoms with van der Waals surface area (Å²) < 4.78 is 1.87. The van der Waals surface area contributed by atoms with Crippen molar-refractivity contribution in [1.29, 1.82) is 0 Å². The number of halogens is 1. The van der Waals surface area contributed by atoms with Gasteiger partial charge in [-0.2, -0.15) is 5.10 Å². The first-order chi connectivity index (χ1) is 10.3. The highest BCUT2D eigenvalue weighted by atomic mass is 35.5. The maximum absolute atomic E-state index is 6.41. The van der Waals surface area contributed by atoms with Crippen molar-refractivity contribution in [3.63, 3.8) is 0 Å². The van der Waals surface area contributed by atoms with Gasteiger partial charge in [0, 0.05) is 5.56 Å². The number of nitrogens with two attached hydrogens (primary N) is 1. The van der Waals surface area contributed by atoms with Crippen LogP contribution in [-0.2, 0) is 5.54 Å². The second kappa shape index (κ2) is 4.95. The van der Waals surface area contributed by atoms with E-state index in [2.05, 4.69) is 30.7 Å². The Morgan fingerprint density at radius 3 is 2.55 bits per heavy atom. The van der Waals surface area contributed by atoms with Crippen LogP contribution in [0.2, 0.25) is 5.02 Å². The summed E-state index contributed by atoms with van der Waals surface area (Å²) in [6, 6.07) is 5.88. The standard InChI is InChI=1S/C16H18ClN5/c1-9-5-6-10(11(17)7-9)13-12-14(18)19-8-20-15(12)22(21-13)16(2,3)4/h5-8H,1-4H3,(H2,18,19,20). The van der Waals surface area contributed by atoms with E-state index >= 15 is 0 Å². The van der Waals surface area contributed by atoms with E-state index < -0.39 is 0 Å². The molecule has 2 N–H and O–H groups in total. The lowest BCUT2D eigenvalue weighted by Gasteiger charge is -2.19. The fraction of sp³-hybridized carbons (Fsp3) is 0.312. The molecule has 0 unspecified atom stereocenters. The molecule has 0 atom stereocenters. The normalized spacial score (nSPS) is 12.0. The largest absolute Gasteiger partial charge is 0.383 e. The second-order valence-electron chi connectivity index (χ2n) is 6.37. The van der Waals surface area contributed by atoms with E-state index in [1.165, 1.54) is 6.33 Å². The number of nitrogens with zero attached hydrogens (tertiary/aromatic N) is 4. The lowest BCUT2D eigenvalue weighted by atomic mass is 10.1. The molecule has 3 aromatic rings. The van der Waals surface area contributed by atoms with E-state index in [1.807, 2.05) is 29.8 Å². The van der Waals surface area contributed by atoms with Gasteiger partial charge in [0.2, 0.25) is 0 Å². The topological polar surface area (TPSA) is 69.6 Å². The minimum absolute atomic E-state index is 0.228. The van der Waals surface area contributed by atoms with Gasteiger partial charge in [-0.3, -0.25) is 0 Å². The van der Waals surface area contributed by atoms with Crippen LogP contribution < -0.4 is 5.73 Å². The van der Waals surface area contributed by atoms with Gasteiger partial charge in [-0.25, -0.2) is 14.6 Å². The van der Waals surface area contributed by atoms with Crippen LogP contribution in [0.1, 0.15) is 26.3 Å². The number of hydrogen-bond acceptors (Lipinski definition) is 4. The number of anilines is 1. The van der Waals surface area contributed by atoms with Crippen LogP contribution in [0.25, 0.3) is 22.3 Å². The van der Waals surface area contributed by atoms with E-state index in [1.54, 1.807) is 0 Å². The van der Waals surface area contributed by atoms with Crippen LogP contribution in [0.4, 0.5) is 5.82 Å². The number of hydrogen-bond donors (Lipinski definition) is 1. The molecule has 114 valence electrons. The fourth-order valence-corrected chi connectivity index (χ4v) is 2.77. The molecule has 2 aromatic heterocycles. The van der Waals surface area contributed by atoms with Crippen molar-refractivity contribution in [3.05, 3.63) is 35.1 Å². The quantitative estimate of drug-likeness (QED) is 0.741. The third kappa shape index (κ3) is 2.31. The van der Waals surface area contributed by atoms with Crippen molar-refractivity contribution in [2.24, 2.45) is 0 Å². The minimum Gasteiger partial charge on any atom is -0.383 e. The van der Waals surface area contributed by atoms with E-state index in [0.717, 1.165) is 16.5 Å². The molecule has 0 radical (unpaired) electrons. The zero-order valence-corrected chi connectivity index (χ0v) is 13.8. The van der Waals surface area contributed by atoms with Crippen molar-refractivity contribution in [2.75, 3.05) is 5.73 Å². The van der Waals surface area contributed by atoms with Crippen LogP contribution in [0.15, 0.2) is 24.5 Å². The summed E-state index contributed by atoms with van der Waals surface area (Å²) in [5.41, 5.74) is 9.22. The molecule has 0 saturated carbocycles. The van der Waals surface area contributed by atoms with Gasteiger partial charge in [0.25, 0.3) is 0 Å². The third-order valence-electron chi connectivity index (χ3n) is 3.51. The van der Waals surface area contributed by atoms with Crippen molar-refractivity contribution in [2.45, 2.75) is 33.2 Å². The average molecular weight is 316 g/mol. The Morgan fingerprint density at radius 1 is 1.18 bits per heavy atom. The molecular formula is C16H18ClN5. The summed E-state index contributed by atoms with van der Waals surface area (Å²) in [5.74, 6) is 0.409. The molecule has 0 aliphatic heterocycles. The molecular weight excluding hydrogens is 298 g/mol. The maximum atomic E-state index is 6.41. The molecule has 0 aliphatic rings. The molecule has 5 nitrogen and oxygen atoms in total. The van der Waals surface area contributed by atoms with Crippen LogP contribution in [0, 0.1) is 6.92 Å². The van der Waals surface area contributed by atoms with Gasteiger partial charge in [0.05, 0.1) is 15.9 Å². The summed E-state index contributed by atoms with van der Waals surface area (Å²) in [7, 11) is 0. The number of benzene rings is 1. The fourth-order valence-electron chi connectivity index (χ4n) is 2.44. The van der Waals surface area contributed by atoms with Crippen molar-refractivity contribution in [3.8, 4) is 11.3 Å².